The molecule has 0 spiro atoms. The lowest BCUT2D eigenvalue weighted by Crippen LogP contribution is -2.48. The van der Waals surface area contributed by atoms with Crippen LogP contribution in [0.15, 0.2) is 84.9 Å². The zero-order chi connectivity index (χ0) is 26.5. The smallest absolute Gasteiger partial charge is 0.329 e. The second kappa shape index (κ2) is 11.4. The molecule has 1 aliphatic heterocycles. The van der Waals surface area contributed by atoms with Gasteiger partial charge in [0.2, 0.25) is 0 Å². The van der Waals surface area contributed by atoms with Crippen molar-refractivity contribution in [1.82, 2.24) is 14.9 Å². The van der Waals surface area contributed by atoms with Crippen LogP contribution in [-0.4, -0.2) is 53.1 Å². The van der Waals surface area contributed by atoms with E-state index in [9.17, 15) is 10.1 Å². The molecule has 192 valence electrons. The average Bonchev–Trinajstić information content (AvgIpc) is 2.94. The number of ether oxygens (including phenoxy) is 1. The molecule has 7 heteroatoms. The van der Waals surface area contributed by atoms with E-state index in [4.69, 9.17) is 14.7 Å². The van der Waals surface area contributed by atoms with Gasteiger partial charge in [-0.3, -0.25) is 9.69 Å². The molecule has 1 aliphatic rings. The van der Waals surface area contributed by atoms with Gasteiger partial charge in [-0.25, -0.2) is 9.97 Å². The van der Waals surface area contributed by atoms with Crippen molar-refractivity contribution in [3.8, 4) is 6.07 Å². The lowest BCUT2D eigenvalue weighted by atomic mass is 9.96. The molecule has 0 saturated carbocycles. The monoisotopic (exact) mass is 505 g/mol. The molecule has 0 aliphatic carbocycles. The quantitative estimate of drug-likeness (QED) is 0.323. The van der Waals surface area contributed by atoms with Gasteiger partial charge >= 0.3 is 5.97 Å². The van der Waals surface area contributed by atoms with Crippen LogP contribution in [0.2, 0.25) is 0 Å². The molecule has 1 aromatic heterocycles. The highest BCUT2D eigenvalue weighted by atomic mass is 16.5. The fraction of sp³-hybridized carbons (Fsp3) is 0.290. The van der Waals surface area contributed by atoms with Gasteiger partial charge in [-0.15, -0.1) is 0 Å². The molecule has 5 rings (SSSR count). The number of fused-ring (bicyclic) bond motifs is 1. The second-order valence-corrected chi connectivity index (χ2v) is 9.72. The number of benzene rings is 3. The van der Waals surface area contributed by atoms with Crippen LogP contribution >= 0.6 is 0 Å². The molecule has 3 aromatic carbocycles. The Morgan fingerprint density at radius 2 is 1.34 bits per heavy atom. The van der Waals surface area contributed by atoms with E-state index < -0.39 is 11.9 Å². The largest absolute Gasteiger partial charge is 0.462 e. The summed E-state index contributed by atoms with van der Waals surface area (Å²) in [6.45, 7) is 6.50. The Morgan fingerprint density at radius 1 is 0.816 bits per heavy atom. The lowest BCUT2D eigenvalue weighted by molar-refractivity contribution is -0.147. The van der Waals surface area contributed by atoms with Crippen LogP contribution in [0.1, 0.15) is 42.6 Å². The van der Waals surface area contributed by atoms with E-state index in [-0.39, 0.29) is 12.1 Å². The van der Waals surface area contributed by atoms with Crippen LogP contribution in [0, 0.1) is 11.3 Å². The summed E-state index contributed by atoms with van der Waals surface area (Å²) in [5.74, 6) is -1.17. The Bertz CT molecular complexity index is 1390. The van der Waals surface area contributed by atoms with E-state index in [2.05, 4.69) is 64.4 Å². The van der Waals surface area contributed by atoms with Crippen molar-refractivity contribution < 1.29 is 9.53 Å². The van der Waals surface area contributed by atoms with Crippen LogP contribution < -0.4 is 4.90 Å². The Labute approximate surface area is 223 Å². The highest BCUT2D eigenvalue weighted by Gasteiger charge is 2.33. The number of para-hydroxylation sites is 2. The summed E-state index contributed by atoms with van der Waals surface area (Å²) in [5, 5.41) is 9.98. The van der Waals surface area contributed by atoms with Gasteiger partial charge in [0.05, 0.1) is 29.2 Å². The minimum Gasteiger partial charge on any atom is -0.462 e. The number of anilines is 1. The SMILES string of the molecule is CC(C)OC(=O)C(C#N)c1nc2ccccc2nc1N1CCN(C(c2ccccc2)c2ccccc2)CC1. The first kappa shape index (κ1) is 25.4. The van der Waals surface area contributed by atoms with Gasteiger partial charge in [0.15, 0.2) is 11.7 Å². The Morgan fingerprint density at radius 3 is 1.87 bits per heavy atom. The Kier molecular flexibility index (Phi) is 7.62. The van der Waals surface area contributed by atoms with Crippen LogP contribution in [-0.2, 0) is 9.53 Å². The molecule has 1 saturated heterocycles. The predicted octanol–water partition coefficient (Wildman–Crippen LogP) is 5.10. The number of aromatic nitrogens is 2. The van der Waals surface area contributed by atoms with Gasteiger partial charge in [0.25, 0.3) is 0 Å². The predicted molar refractivity (Wildman–Crippen MR) is 148 cm³/mol. The van der Waals surface area contributed by atoms with Crippen molar-refractivity contribution in [1.29, 1.82) is 5.26 Å². The van der Waals surface area contributed by atoms with Crippen LogP contribution in [0.3, 0.4) is 0 Å². The normalized spacial score (nSPS) is 15.0. The summed E-state index contributed by atoms with van der Waals surface area (Å²) in [4.78, 5) is 27.2. The first-order chi connectivity index (χ1) is 18.5. The van der Waals surface area contributed by atoms with Gasteiger partial charge in [-0.2, -0.15) is 5.26 Å². The van der Waals surface area contributed by atoms with Crippen molar-refractivity contribution in [2.24, 2.45) is 0 Å². The average molecular weight is 506 g/mol. The minimum atomic E-state index is -1.15. The molecule has 0 amide bonds. The summed E-state index contributed by atoms with van der Waals surface area (Å²) in [5.41, 5.74) is 4.23. The number of hydrogen-bond donors (Lipinski definition) is 0. The molecule has 0 N–H and O–H groups in total. The number of nitrogens with zero attached hydrogens (tertiary/aromatic N) is 5. The summed E-state index contributed by atoms with van der Waals surface area (Å²) in [7, 11) is 0. The molecule has 0 radical (unpaired) electrons. The molecule has 4 aromatic rings. The molecule has 1 atom stereocenters. The maximum atomic E-state index is 12.9. The van der Waals surface area contributed by atoms with Crippen molar-refractivity contribution in [3.63, 3.8) is 0 Å². The molecular formula is C31H31N5O2. The van der Waals surface area contributed by atoms with Crippen LogP contribution in [0.5, 0.6) is 0 Å². The van der Waals surface area contributed by atoms with Gasteiger partial charge in [0, 0.05) is 26.2 Å². The number of carbonyl (C=O) groups excluding carboxylic acids is 1. The summed E-state index contributed by atoms with van der Waals surface area (Å²) in [6, 6.07) is 30.9. The topological polar surface area (TPSA) is 82.3 Å². The van der Waals surface area contributed by atoms with Crippen LogP contribution in [0.25, 0.3) is 11.0 Å². The molecule has 7 nitrogen and oxygen atoms in total. The maximum Gasteiger partial charge on any atom is 0.329 e. The lowest BCUT2D eigenvalue weighted by Gasteiger charge is -2.40. The van der Waals surface area contributed by atoms with Gasteiger partial charge in [-0.05, 0) is 37.1 Å². The summed E-state index contributed by atoms with van der Waals surface area (Å²) >= 11 is 0. The Balaban J connectivity index is 1.46. The molecule has 1 unspecified atom stereocenters. The van der Waals surface area contributed by atoms with E-state index in [1.54, 1.807) is 13.8 Å². The molecule has 1 fully saturated rings. The number of nitriles is 1. The van der Waals surface area contributed by atoms with Crippen molar-refractivity contribution >= 4 is 22.8 Å². The van der Waals surface area contributed by atoms with Gasteiger partial charge < -0.3 is 9.64 Å². The van der Waals surface area contributed by atoms with Crippen molar-refractivity contribution in [2.45, 2.75) is 31.9 Å². The molecule has 38 heavy (non-hydrogen) atoms. The summed E-state index contributed by atoms with van der Waals surface area (Å²) < 4.78 is 5.40. The van der Waals surface area contributed by atoms with Gasteiger partial charge in [-0.1, -0.05) is 72.8 Å². The highest BCUT2D eigenvalue weighted by Crippen LogP contribution is 2.32. The molecule has 0 bridgehead atoms. The Hall–Kier alpha value is -4.28. The molecule has 2 heterocycles. The third-order valence-electron chi connectivity index (χ3n) is 6.78. The summed E-state index contributed by atoms with van der Waals surface area (Å²) in [6.07, 6.45) is -0.327. The van der Waals surface area contributed by atoms with Crippen molar-refractivity contribution in [3.05, 3.63) is 102 Å². The third kappa shape index (κ3) is 5.36. The van der Waals surface area contributed by atoms with E-state index in [1.807, 2.05) is 36.4 Å². The second-order valence-electron chi connectivity index (χ2n) is 9.72. The number of hydrogen-bond acceptors (Lipinski definition) is 7. The first-order valence-corrected chi connectivity index (χ1v) is 13.0. The number of carbonyl (C=O) groups is 1. The fourth-order valence-electron chi connectivity index (χ4n) is 5.03. The minimum absolute atomic E-state index is 0.134. The van der Waals surface area contributed by atoms with Crippen LogP contribution in [0.4, 0.5) is 5.82 Å². The maximum absolute atomic E-state index is 12.9. The van der Waals surface area contributed by atoms with E-state index in [1.165, 1.54) is 11.1 Å². The van der Waals surface area contributed by atoms with Crippen molar-refractivity contribution in [2.75, 3.05) is 31.1 Å². The van der Waals surface area contributed by atoms with E-state index in [0.717, 1.165) is 18.6 Å². The van der Waals surface area contributed by atoms with E-state index >= 15 is 0 Å². The standard InChI is InChI=1S/C31H31N5O2/c1-22(2)38-31(37)25(21-32)28-30(34-27-16-10-9-15-26(27)33-28)36-19-17-35(18-20-36)29(23-11-5-3-6-12-23)24-13-7-4-8-14-24/h3-16,22,25,29H,17-20H2,1-2H3. The number of esters is 1. The number of rotatable bonds is 7. The zero-order valence-electron chi connectivity index (χ0n) is 21.7. The molecular weight excluding hydrogens is 474 g/mol. The number of piperazine rings is 1. The van der Waals surface area contributed by atoms with Gasteiger partial charge in [0.1, 0.15) is 5.69 Å². The third-order valence-corrected chi connectivity index (χ3v) is 6.78. The fourth-order valence-corrected chi connectivity index (χ4v) is 5.03. The first-order valence-electron chi connectivity index (χ1n) is 13.0. The highest BCUT2D eigenvalue weighted by molar-refractivity contribution is 5.85. The zero-order valence-corrected chi connectivity index (χ0v) is 21.7. The van der Waals surface area contributed by atoms with E-state index in [0.29, 0.717) is 30.1 Å².